The van der Waals surface area contributed by atoms with Crippen LogP contribution in [0.1, 0.15) is 55.0 Å². The molecule has 1 fully saturated rings. The van der Waals surface area contributed by atoms with Crippen molar-refractivity contribution in [1.29, 1.82) is 0 Å². The number of amides is 1. The quantitative estimate of drug-likeness (QED) is 0.882. The summed E-state index contributed by atoms with van der Waals surface area (Å²) >= 11 is 1.59. The van der Waals surface area contributed by atoms with Crippen molar-refractivity contribution in [3.05, 3.63) is 16.1 Å². The number of carbonyl (C=O) groups is 1. The predicted octanol–water partition coefficient (Wildman–Crippen LogP) is 3.32. The van der Waals surface area contributed by atoms with Crippen LogP contribution in [0.25, 0.3) is 0 Å². The first-order valence-electron chi connectivity index (χ1n) is 7.10. The molecule has 0 bridgehead atoms. The fourth-order valence-electron chi connectivity index (χ4n) is 2.39. The maximum absolute atomic E-state index is 12.6. The van der Waals surface area contributed by atoms with Gasteiger partial charge in [-0.3, -0.25) is 4.79 Å². The minimum Gasteiger partial charge on any atom is -0.333 e. The van der Waals surface area contributed by atoms with Gasteiger partial charge in [0.25, 0.3) is 5.91 Å². The summed E-state index contributed by atoms with van der Waals surface area (Å²) in [5.74, 6) is 0.484. The molecule has 1 unspecified atom stereocenters. The minimum absolute atomic E-state index is 0. The van der Waals surface area contributed by atoms with E-state index in [0.29, 0.717) is 17.7 Å². The third-order valence-corrected chi connectivity index (χ3v) is 4.58. The van der Waals surface area contributed by atoms with Crippen LogP contribution in [0.4, 0.5) is 0 Å². The van der Waals surface area contributed by atoms with Crippen LogP contribution < -0.4 is 5.32 Å². The van der Waals surface area contributed by atoms with E-state index in [0.717, 1.165) is 37.5 Å². The van der Waals surface area contributed by atoms with E-state index in [9.17, 15) is 4.79 Å². The molecule has 1 N–H and O–H groups in total. The molecule has 1 aliphatic heterocycles. The number of nitrogens with zero attached hydrogens (tertiary/aromatic N) is 2. The molecule has 0 aliphatic carbocycles. The number of carbonyl (C=O) groups excluding carboxylic acids is 1. The third kappa shape index (κ3) is 5.09. The highest BCUT2D eigenvalue weighted by atomic mass is 35.5. The topological polar surface area (TPSA) is 45.2 Å². The Morgan fingerprint density at radius 2 is 2.24 bits per heavy atom. The largest absolute Gasteiger partial charge is 0.333 e. The highest BCUT2D eigenvalue weighted by Crippen LogP contribution is 2.21. The van der Waals surface area contributed by atoms with Gasteiger partial charge in [0.05, 0.1) is 5.01 Å². The van der Waals surface area contributed by atoms with Crippen LogP contribution in [0, 0.1) is 0 Å². The van der Waals surface area contributed by atoms with Crippen molar-refractivity contribution in [2.75, 3.05) is 19.6 Å². The van der Waals surface area contributed by atoms with Gasteiger partial charge in [0.15, 0.2) is 0 Å². The molecule has 1 saturated heterocycles. The molecule has 21 heavy (non-hydrogen) atoms. The number of halogens is 2. The zero-order chi connectivity index (χ0) is 13.8. The Kier molecular flexibility index (Phi) is 9.45. The Morgan fingerprint density at radius 3 is 2.71 bits per heavy atom. The Labute approximate surface area is 143 Å². The van der Waals surface area contributed by atoms with Gasteiger partial charge in [-0.1, -0.05) is 20.8 Å². The maximum atomic E-state index is 12.6. The van der Waals surface area contributed by atoms with E-state index >= 15 is 0 Å². The molecule has 0 aromatic carbocycles. The standard InChI is InChI=1S/C14H23N3OS.2ClH/c1-4-7-17(11-5-6-15-8-11)14(18)12-9-19-13(16-12)10(2)3;;/h9-11,15H,4-8H2,1-3H3;2*1H. The number of rotatable bonds is 5. The maximum Gasteiger partial charge on any atom is 0.273 e. The van der Waals surface area contributed by atoms with Gasteiger partial charge in [-0.25, -0.2) is 4.98 Å². The Morgan fingerprint density at radius 1 is 1.52 bits per heavy atom. The lowest BCUT2D eigenvalue weighted by Gasteiger charge is -2.27. The fourth-order valence-corrected chi connectivity index (χ4v) is 3.20. The summed E-state index contributed by atoms with van der Waals surface area (Å²) in [6.45, 7) is 9.07. The van der Waals surface area contributed by atoms with Gasteiger partial charge in [-0.05, 0) is 19.4 Å². The predicted molar refractivity (Wildman–Crippen MR) is 93.3 cm³/mol. The van der Waals surface area contributed by atoms with Crippen molar-refractivity contribution in [3.63, 3.8) is 0 Å². The van der Waals surface area contributed by atoms with Crippen molar-refractivity contribution in [1.82, 2.24) is 15.2 Å². The van der Waals surface area contributed by atoms with E-state index in [2.05, 4.69) is 31.1 Å². The minimum atomic E-state index is 0. The van der Waals surface area contributed by atoms with Crippen LogP contribution in [0.3, 0.4) is 0 Å². The van der Waals surface area contributed by atoms with Crippen LogP contribution in [-0.4, -0.2) is 41.5 Å². The third-order valence-electron chi connectivity index (χ3n) is 3.44. The van der Waals surface area contributed by atoms with Gasteiger partial charge >= 0.3 is 0 Å². The van der Waals surface area contributed by atoms with Crippen LogP contribution in [-0.2, 0) is 0 Å². The molecular weight excluding hydrogens is 329 g/mol. The molecule has 0 spiro atoms. The van der Waals surface area contributed by atoms with Gasteiger partial charge in [0, 0.05) is 30.4 Å². The first-order valence-corrected chi connectivity index (χ1v) is 7.98. The lowest BCUT2D eigenvalue weighted by molar-refractivity contribution is 0.0687. The number of aromatic nitrogens is 1. The lowest BCUT2D eigenvalue weighted by atomic mass is 10.2. The molecular formula is C14H25Cl2N3OS. The molecule has 4 nitrogen and oxygen atoms in total. The molecule has 1 amide bonds. The van der Waals surface area contributed by atoms with Gasteiger partial charge < -0.3 is 10.2 Å². The van der Waals surface area contributed by atoms with Crippen LogP contribution in [0.5, 0.6) is 0 Å². The number of thiazole rings is 1. The first-order chi connectivity index (χ1) is 9.13. The SMILES string of the molecule is CCCN(C(=O)c1csc(C(C)C)n1)C1CCNC1.Cl.Cl. The zero-order valence-electron chi connectivity index (χ0n) is 12.8. The van der Waals surface area contributed by atoms with E-state index in [1.807, 2.05) is 10.3 Å². The fraction of sp³-hybridized carbons (Fsp3) is 0.714. The van der Waals surface area contributed by atoms with Crippen LogP contribution in [0.2, 0.25) is 0 Å². The van der Waals surface area contributed by atoms with Crippen LogP contribution >= 0.6 is 36.2 Å². The van der Waals surface area contributed by atoms with E-state index in [4.69, 9.17) is 0 Å². The summed E-state index contributed by atoms with van der Waals surface area (Å²) in [6, 6.07) is 0.330. The second-order valence-corrected chi connectivity index (χ2v) is 6.26. The summed E-state index contributed by atoms with van der Waals surface area (Å²) in [4.78, 5) is 19.1. The molecule has 1 atom stereocenters. The molecule has 2 rings (SSSR count). The summed E-state index contributed by atoms with van der Waals surface area (Å²) in [6.07, 6.45) is 2.04. The Hall–Kier alpha value is -0.360. The van der Waals surface area contributed by atoms with Crippen molar-refractivity contribution >= 4 is 42.1 Å². The van der Waals surface area contributed by atoms with Crippen molar-refractivity contribution < 1.29 is 4.79 Å². The highest BCUT2D eigenvalue weighted by Gasteiger charge is 2.28. The molecule has 0 saturated carbocycles. The summed E-state index contributed by atoms with van der Waals surface area (Å²) < 4.78 is 0. The van der Waals surface area contributed by atoms with E-state index in [1.54, 1.807) is 11.3 Å². The molecule has 1 aliphatic rings. The first kappa shape index (κ1) is 20.6. The molecule has 122 valence electrons. The summed E-state index contributed by atoms with van der Waals surface area (Å²) in [5, 5.41) is 6.28. The van der Waals surface area contributed by atoms with E-state index in [-0.39, 0.29) is 30.7 Å². The second-order valence-electron chi connectivity index (χ2n) is 5.37. The second kappa shape index (κ2) is 9.62. The summed E-state index contributed by atoms with van der Waals surface area (Å²) in [7, 11) is 0. The summed E-state index contributed by atoms with van der Waals surface area (Å²) in [5.41, 5.74) is 0.619. The van der Waals surface area contributed by atoms with Gasteiger partial charge in [-0.15, -0.1) is 36.2 Å². The van der Waals surface area contributed by atoms with Crippen LogP contribution in [0.15, 0.2) is 5.38 Å². The van der Waals surface area contributed by atoms with E-state index in [1.165, 1.54) is 0 Å². The number of hydrogen-bond donors (Lipinski definition) is 1. The monoisotopic (exact) mass is 353 g/mol. The smallest absolute Gasteiger partial charge is 0.273 e. The van der Waals surface area contributed by atoms with E-state index < -0.39 is 0 Å². The highest BCUT2D eigenvalue weighted by molar-refractivity contribution is 7.09. The van der Waals surface area contributed by atoms with Crippen molar-refractivity contribution in [2.45, 2.75) is 45.6 Å². The average molecular weight is 354 g/mol. The van der Waals surface area contributed by atoms with Gasteiger partial charge in [-0.2, -0.15) is 0 Å². The average Bonchev–Trinajstić information content (AvgIpc) is 3.05. The van der Waals surface area contributed by atoms with Crippen molar-refractivity contribution in [3.8, 4) is 0 Å². The van der Waals surface area contributed by atoms with Gasteiger partial charge in [0.1, 0.15) is 5.69 Å². The Balaban J connectivity index is 0.00000200. The Bertz CT molecular complexity index is 434. The molecule has 7 heteroatoms. The number of hydrogen-bond acceptors (Lipinski definition) is 4. The van der Waals surface area contributed by atoms with Crippen molar-refractivity contribution in [2.24, 2.45) is 0 Å². The molecule has 2 heterocycles. The molecule has 1 aromatic heterocycles. The lowest BCUT2D eigenvalue weighted by Crippen LogP contribution is -2.42. The molecule has 1 aromatic rings. The number of nitrogens with one attached hydrogen (secondary N) is 1. The zero-order valence-corrected chi connectivity index (χ0v) is 15.2. The van der Waals surface area contributed by atoms with Gasteiger partial charge in [0.2, 0.25) is 0 Å². The molecule has 0 radical (unpaired) electrons. The normalized spacial score (nSPS) is 17.2.